The summed E-state index contributed by atoms with van der Waals surface area (Å²) < 4.78 is 12.5. The monoisotopic (exact) mass is 310 g/mol. The van der Waals surface area contributed by atoms with Crippen molar-refractivity contribution in [3.05, 3.63) is 12.2 Å². The van der Waals surface area contributed by atoms with Crippen LogP contribution in [0.2, 0.25) is 22.2 Å². The topological polar surface area (TPSA) is 18.5 Å². The molecule has 1 saturated heterocycles. The van der Waals surface area contributed by atoms with Crippen molar-refractivity contribution in [1.29, 1.82) is 0 Å². The van der Waals surface area contributed by atoms with Crippen molar-refractivity contribution >= 4 is 8.07 Å². The summed E-state index contributed by atoms with van der Waals surface area (Å²) in [6, 6.07) is 0. The highest BCUT2D eigenvalue weighted by Crippen LogP contribution is 2.55. The standard InChI is InChI=1S/C18H34O2Si/c1-12(2)21(13(3)4,14(5)6)16-11-9-10-15-17(16)20-18(7,8)19-15/h9,11-17H,10H2,1-8H3/t15-,16-,17-/m0/s1. The number of rotatable bonds is 4. The summed E-state index contributed by atoms with van der Waals surface area (Å²) in [5.41, 5.74) is 2.81. The Kier molecular flexibility index (Phi) is 4.78. The lowest BCUT2D eigenvalue weighted by atomic mass is 10.0. The molecule has 122 valence electrons. The second-order valence-electron chi connectivity index (χ2n) is 8.29. The van der Waals surface area contributed by atoms with E-state index >= 15 is 0 Å². The molecule has 1 heterocycles. The molecule has 0 radical (unpaired) electrons. The molecule has 0 saturated carbocycles. The Labute approximate surface area is 132 Å². The van der Waals surface area contributed by atoms with Crippen molar-refractivity contribution in [2.45, 2.75) is 102 Å². The predicted octanol–water partition coefficient (Wildman–Crippen LogP) is 5.52. The largest absolute Gasteiger partial charge is 0.344 e. The van der Waals surface area contributed by atoms with E-state index in [1.165, 1.54) is 0 Å². The third-order valence-corrected chi connectivity index (χ3v) is 13.5. The Bertz CT molecular complexity index is 376. The third kappa shape index (κ3) is 2.77. The molecule has 3 atom stereocenters. The van der Waals surface area contributed by atoms with Gasteiger partial charge in [0.05, 0.1) is 20.3 Å². The van der Waals surface area contributed by atoms with Crippen molar-refractivity contribution in [2.24, 2.45) is 0 Å². The minimum absolute atomic E-state index is 0.248. The zero-order chi connectivity index (χ0) is 16.0. The molecule has 0 aromatic heterocycles. The molecule has 1 fully saturated rings. The van der Waals surface area contributed by atoms with E-state index in [2.05, 4.69) is 67.5 Å². The molecule has 1 aliphatic heterocycles. The van der Waals surface area contributed by atoms with Crippen LogP contribution in [0.25, 0.3) is 0 Å². The van der Waals surface area contributed by atoms with Gasteiger partial charge in [-0.25, -0.2) is 0 Å². The van der Waals surface area contributed by atoms with Crippen LogP contribution in [0.15, 0.2) is 12.2 Å². The third-order valence-electron chi connectivity index (χ3n) is 5.86. The van der Waals surface area contributed by atoms with Crippen LogP contribution in [0.4, 0.5) is 0 Å². The molecule has 2 nitrogen and oxygen atoms in total. The Hall–Kier alpha value is -0.123. The fraction of sp³-hybridized carbons (Fsp3) is 0.889. The normalized spacial score (nSPS) is 32.2. The van der Waals surface area contributed by atoms with Gasteiger partial charge in [0.1, 0.15) is 0 Å². The first-order valence-corrected chi connectivity index (χ1v) is 11.0. The van der Waals surface area contributed by atoms with E-state index in [1.807, 2.05) is 0 Å². The molecule has 0 bridgehead atoms. The fourth-order valence-corrected chi connectivity index (χ4v) is 13.1. The molecule has 0 N–H and O–H groups in total. The van der Waals surface area contributed by atoms with Crippen LogP contribution in [-0.4, -0.2) is 26.1 Å². The van der Waals surface area contributed by atoms with Crippen LogP contribution in [0, 0.1) is 0 Å². The highest BCUT2D eigenvalue weighted by Gasteiger charge is 2.56. The fourth-order valence-electron chi connectivity index (χ4n) is 5.42. The zero-order valence-corrected chi connectivity index (χ0v) is 16.1. The Morgan fingerprint density at radius 2 is 1.48 bits per heavy atom. The van der Waals surface area contributed by atoms with Gasteiger partial charge in [0.15, 0.2) is 5.79 Å². The van der Waals surface area contributed by atoms with E-state index in [0.717, 1.165) is 23.0 Å². The van der Waals surface area contributed by atoms with Crippen LogP contribution in [0.5, 0.6) is 0 Å². The quantitative estimate of drug-likeness (QED) is 0.503. The zero-order valence-electron chi connectivity index (χ0n) is 15.1. The summed E-state index contributed by atoms with van der Waals surface area (Å²) in [4.78, 5) is 0. The molecule has 0 aromatic rings. The van der Waals surface area contributed by atoms with Crippen LogP contribution in [-0.2, 0) is 9.47 Å². The molecule has 1 aliphatic carbocycles. The SMILES string of the molecule is CC(C)[Si](C(C)C)(C(C)C)[C@H]1C=CC[C@@H]2OC(C)(C)O[C@@H]21. The maximum Gasteiger partial charge on any atom is 0.163 e. The van der Waals surface area contributed by atoms with Crippen molar-refractivity contribution in [3.8, 4) is 0 Å². The lowest BCUT2D eigenvalue weighted by Crippen LogP contribution is -2.54. The minimum atomic E-state index is -1.57. The molecule has 2 rings (SSSR count). The number of fused-ring (bicyclic) bond motifs is 1. The van der Waals surface area contributed by atoms with Gasteiger partial charge >= 0.3 is 0 Å². The Morgan fingerprint density at radius 3 is 1.95 bits per heavy atom. The smallest absolute Gasteiger partial charge is 0.163 e. The molecule has 0 aromatic carbocycles. The minimum Gasteiger partial charge on any atom is -0.344 e. The average Bonchev–Trinajstić information content (AvgIpc) is 2.63. The van der Waals surface area contributed by atoms with Crippen molar-refractivity contribution in [2.75, 3.05) is 0 Å². The van der Waals surface area contributed by atoms with Gasteiger partial charge < -0.3 is 9.47 Å². The van der Waals surface area contributed by atoms with Gasteiger partial charge in [-0.05, 0) is 20.3 Å². The molecule has 0 unspecified atom stereocenters. The number of hydrogen-bond acceptors (Lipinski definition) is 2. The molecule has 0 spiro atoms. The van der Waals surface area contributed by atoms with Gasteiger partial charge in [-0.15, -0.1) is 0 Å². The lowest BCUT2D eigenvalue weighted by Gasteiger charge is -2.51. The van der Waals surface area contributed by atoms with Gasteiger partial charge in [-0.3, -0.25) is 0 Å². The first-order valence-electron chi connectivity index (χ1n) is 8.65. The maximum atomic E-state index is 6.38. The highest BCUT2D eigenvalue weighted by atomic mass is 28.3. The predicted molar refractivity (Wildman–Crippen MR) is 92.4 cm³/mol. The van der Waals surface area contributed by atoms with E-state index in [9.17, 15) is 0 Å². The summed E-state index contributed by atoms with van der Waals surface area (Å²) in [7, 11) is -1.57. The number of ether oxygens (including phenoxy) is 2. The van der Waals surface area contributed by atoms with Crippen LogP contribution in [0.1, 0.15) is 61.8 Å². The van der Waals surface area contributed by atoms with Crippen LogP contribution in [0.3, 0.4) is 0 Å². The van der Waals surface area contributed by atoms with Crippen molar-refractivity contribution in [1.82, 2.24) is 0 Å². The summed E-state index contributed by atoms with van der Waals surface area (Å²) in [6.07, 6.45) is 6.34. The summed E-state index contributed by atoms with van der Waals surface area (Å²) in [5, 5.41) is 0. The maximum absolute atomic E-state index is 6.38. The second-order valence-corrected chi connectivity index (χ2v) is 14.4. The molecule has 0 amide bonds. The van der Waals surface area contributed by atoms with Gasteiger partial charge in [0, 0.05) is 5.54 Å². The van der Waals surface area contributed by atoms with Crippen molar-refractivity contribution < 1.29 is 9.47 Å². The molecule has 3 heteroatoms. The van der Waals surface area contributed by atoms with E-state index in [-0.39, 0.29) is 12.2 Å². The summed E-state index contributed by atoms with van der Waals surface area (Å²) in [5.74, 6) is -0.426. The van der Waals surface area contributed by atoms with Crippen LogP contribution < -0.4 is 0 Å². The van der Waals surface area contributed by atoms with Gasteiger partial charge in [0.25, 0.3) is 0 Å². The first kappa shape index (κ1) is 17.2. The van der Waals surface area contributed by atoms with E-state index in [4.69, 9.17) is 9.47 Å². The van der Waals surface area contributed by atoms with Gasteiger partial charge in [-0.1, -0.05) is 70.3 Å². The summed E-state index contributed by atoms with van der Waals surface area (Å²) >= 11 is 0. The first-order chi connectivity index (χ1) is 9.63. The Morgan fingerprint density at radius 1 is 0.952 bits per heavy atom. The van der Waals surface area contributed by atoms with E-state index < -0.39 is 13.9 Å². The van der Waals surface area contributed by atoms with E-state index in [1.54, 1.807) is 0 Å². The highest BCUT2D eigenvalue weighted by molar-refractivity contribution is 6.85. The molecular formula is C18H34O2Si. The molecule has 2 aliphatic rings. The van der Waals surface area contributed by atoms with Gasteiger partial charge in [0.2, 0.25) is 0 Å². The Balaban J connectivity index is 2.44. The average molecular weight is 311 g/mol. The number of hydrogen-bond donors (Lipinski definition) is 0. The second kappa shape index (κ2) is 5.82. The van der Waals surface area contributed by atoms with Crippen molar-refractivity contribution in [3.63, 3.8) is 0 Å². The van der Waals surface area contributed by atoms with E-state index in [0.29, 0.717) is 5.54 Å². The molecule has 21 heavy (non-hydrogen) atoms. The summed E-state index contributed by atoms with van der Waals surface area (Å²) in [6.45, 7) is 18.7. The van der Waals surface area contributed by atoms with Crippen LogP contribution >= 0.6 is 0 Å². The van der Waals surface area contributed by atoms with Gasteiger partial charge in [-0.2, -0.15) is 0 Å². The molecular weight excluding hydrogens is 276 g/mol. The lowest BCUT2D eigenvalue weighted by molar-refractivity contribution is -0.145.